The van der Waals surface area contributed by atoms with E-state index in [-0.39, 0.29) is 0 Å². The molecule has 1 aliphatic heterocycles. The van der Waals surface area contributed by atoms with Crippen molar-refractivity contribution in [3.8, 4) is 56.4 Å². The molecule has 0 radical (unpaired) electrons. The number of ether oxygens (including phenoxy) is 1. The molecule has 0 amide bonds. The van der Waals surface area contributed by atoms with Gasteiger partial charge in [0, 0.05) is 52.3 Å². The first-order valence-corrected chi connectivity index (χ1v) is 17.9. The average molecular weight is 661 g/mol. The Bertz CT molecular complexity index is 2980. The summed E-state index contributed by atoms with van der Waals surface area (Å²) in [4.78, 5) is 10.7. The molecule has 0 N–H and O–H groups in total. The molecule has 5 heteroatoms. The van der Waals surface area contributed by atoms with Gasteiger partial charge in [0.25, 0.3) is 0 Å². The van der Waals surface area contributed by atoms with Gasteiger partial charge >= 0.3 is 0 Å². The van der Waals surface area contributed by atoms with Crippen LogP contribution in [0, 0.1) is 0 Å². The number of aromatic nitrogens is 2. The van der Waals surface area contributed by atoms with Crippen molar-refractivity contribution in [1.29, 1.82) is 0 Å². The molecule has 0 bridgehead atoms. The molecule has 11 rings (SSSR count). The predicted molar refractivity (Wildman–Crippen MR) is 207 cm³/mol. The van der Waals surface area contributed by atoms with Gasteiger partial charge in [-0.05, 0) is 64.5 Å². The SMILES string of the molecule is c1ccc(-c2ccc3c(c2)Oc2ccc(-c4nc(-c5ccc6c(c5)sc5ccccc56)c5sc6ccccc6c5n4)c4cccc-3c24)cc1. The van der Waals surface area contributed by atoms with E-state index in [1.54, 1.807) is 11.3 Å². The maximum Gasteiger partial charge on any atom is 0.161 e. The van der Waals surface area contributed by atoms with Gasteiger partial charge in [0.2, 0.25) is 0 Å². The summed E-state index contributed by atoms with van der Waals surface area (Å²) in [7, 11) is 0. The number of hydrogen-bond acceptors (Lipinski definition) is 5. The average Bonchev–Trinajstić information content (AvgIpc) is 3.73. The van der Waals surface area contributed by atoms with Gasteiger partial charge < -0.3 is 4.74 Å². The van der Waals surface area contributed by atoms with Gasteiger partial charge in [-0.1, -0.05) is 103 Å². The van der Waals surface area contributed by atoms with E-state index in [2.05, 4.69) is 140 Å². The molecule has 49 heavy (non-hydrogen) atoms. The molecular weight excluding hydrogens is 637 g/mol. The Kier molecular flexibility index (Phi) is 5.70. The molecule has 0 saturated heterocycles. The second kappa shape index (κ2) is 10.3. The van der Waals surface area contributed by atoms with Gasteiger partial charge in [-0.15, -0.1) is 22.7 Å². The molecule has 0 saturated carbocycles. The van der Waals surface area contributed by atoms with Crippen molar-refractivity contribution in [2.24, 2.45) is 0 Å². The number of nitrogens with zero attached hydrogens (tertiary/aromatic N) is 2. The van der Waals surface area contributed by atoms with Gasteiger partial charge in [0.1, 0.15) is 11.5 Å². The predicted octanol–water partition coefficient (Wildman–Crippen LogP) is 13.1. The summed E-state index contributed by atoms with van der Waals surface area (Å²) in [6, 6.07) is 51.7. The highest BCUT2D eigenvalue weighted by Crippen LogP contribution is 2.50. The lowest BCUT2D eigenvalue weighted by molar-refractivity contribution is 0.487. The van der Waals surface area contributed by atoms with Crippen molar-refractivity contribution < 1.29 is 4.74 Å². The van der Waals surface area contributed by atoms with Crippen LogP contribution < -0.4 is 4.74 Å². The lowest BCUT2D eigenvalue weighted by Crippen LogP contribution is -2.00. The Morgan fingerprint density at radius 1 is 0.429 bits per heavy atom. The molecule has 3 aromatic heterocycles. The van der Waals surface area contributed by atoms with Gasteiger partial charge in [-0.3, -0.25) is 0 Å². The zero-order chi connectivity index (χ0) is 32.1. The van der Waals surface area contributed by atoms with E-state index < -0.39 is 0 Å². The molecule has 228 valence electrons. The van der Waals surface area contributed by atoms with Crippen molar-refractivity contribution >= 4 is 73.9 Å². The van der Waals surface area contributed by atoms with E-state index in [0.29, 0.717) is 0 Å². The minimum atomic E-state index is 0.719. The third-order valence-electron chi connectivity index (χ3n) is 9.71. The third-order valence-corrected chi connectivity index (χ3v) is 12.0. The molecule has 3 nitrogen and oxygen atoms in total. The van der Waals surface area contributed by atoms with E-state index in [1.165, 1.54) is 30.4 Å². The smallest absolute Gasteiger partial charge is 0.161 e. The molecule has 0 unspecified atom stereocenters. The molecule has 1 aliphatic rings. The fourth-order valence-corrected chi connectivity index (χ4v) is 9.72. The number of benzene rings is 7. The monoisotopic (exact) mass is 660 g/mol. The summed E-state index contributed by atoms with van der Waals surface area (Å²) < 4.78 is 11.5. The minimum absolute atomic E-state index is 0.719. The van der Waals surface area contributed by atoms with E-state index in [9.17, 15) is 0 Å². The van der Waals surface area contributed by atoms with Crippen LogP contribution in [0.2, 0.25) is 0 Å². The molecular formula is C44H24N2OS2. The first-order chi connectivity index (χ1) is 24.3. The first kappa shape index (κ1) is 27.1. The number of fused-ring (bicyclic) bond motifs is 8. The largest absolute Gasteiger partial charge is 0.456 e. The van der Waals surface area contributed by atoms with Crippen LogP contribution >= 0.6 is 22.7 Å². The summed E-state index contributed by atoms with van der Waals surface area (Å²) in [6.07, 6.45) is 0. The Labute approximate surface area is 289 Å². The Morgan fingerprint density at radius 2 is 1.16 bits per heavy atom. The van der Waals surface area contributed by atoms with Gasteiger partial charge in [-0.2, -0.15) is 0 Å². The van der Waals surface area contributed by atoms with E-state index in [1.807, 2.05) is 17.4 Å². The zero-order valence-corrected chi connectivity index (χ0v) is 27.6. The highest BCUT2D eigenvalue weighted by molar-refractivity contribution is 7.26. The zero-order valence-electron chi connectivity index (χ0n) is 26.0. The second-order valence-electron chi connectivity index (χ2n) is 12.5. The number of rotatable bonds is 3. The van der Waals surface area contributed by atoms with Crippen molar-refractivity contribution in [3.05, 3.63) is 146 Å². The van der Waals surface area contributed by atoms with Gasteiger partial charge in [-0.25, -0.2) is 9.97 Å². The number of hydrogen-bond donors (Lipinski definition) is 0. The van der Waals surface area contributed by atoms with Gasteiger partial charge in [0.05, 0.1) is 15.9 Å². The third kappa shape index (κ3) is 4.07. The summed E-state index contributed by atoms with van der Waals surface area (Å²) >= 11 is 3.60. The Balaban J connectivity index is 1.13. The summed E-state index contributed by atoms with van der Waals surface area (Å²) in [5, 5.41) is 5.91. The summed E-state index contributed by atoms with van der Waals surface area (Å²) in [5.41, 5.74) is 8.62. The Morgan fingerprint density at radius 3 is 2.06 bits per heavy atom. The van der Waals surface area contributed by atoms with E-state index in [0.717, 1.165) is 77.2 Å². The standard InChI is InChI=1S/C44H24N2OS2/c1-2-9-25(10-3-1)26-17-19-28-31-13-8-14-32-33(21-22-35(40(31)32)47-36(28)23-26)44-45-41(43-42(46-44)34-12-5-7-16-38(34)49-43)27-18-20-30-29-11-4-6-15-37(29)48-39(30)24-27/h1-24H. The van der Waals surface area contributed by atoms with Crippen molar-refractivity contribution in [2.45, 2.75) is 0 Å². The normalized spacial score (nSPS) is 12.2. The quantitative estimate of drug-likeness (QED) is 0.189. The van der Waals surface area contributed by atoms with Crippen LogP contribution in [0.1, 0.15) is 0 Å². The molecule has 0 spiro atoms. The lowest BCUT2D eigenvalue weighted by atomic mass is 9.91. The topological polar surface area (TPSA) is 35.0 Å². The van der Waals surface area contributed by atoms with Crippen LogP contribution in [0.25, 0.3) is 96.1 Å². The molecule has 10 aromatic rings. The molecule has 0 aliphatic carbocycles. The number of thiophene rings is 2. The van der Waals surface area contributed by atoms with Crippen LogP contribution in [-0.4, -0.2) is 9.97 Å². The van der Waals surface area contributed by atoms with Gasteiger partial charge in [0.15, 0.2) is 5.82 Å². The van der Waals surface area contributed by atoms with Crippen LogP contribution in [-0.2, 0) is 0 Å². The molecule has 0 fully saturated rings. The lowest BCUT2D eigenvalue weighted by Gasteiger charge is -2.23. The Hall–Kier alpha value is -5.88. The van der Waals surface area contributed by atoms with E-state index in [4.69, 9.17) is 14.7 Å². The summed E-state index contributed by atoms with van der Waals surface area (Å²) in [6.45, 7) is 0. The van der Waals surface area contributed by atoms with Crippen LogP contribution in [0.4, 0.5) is 0 Å². The molecule has 4 heterocycles. The van der Waals surface area contributed by atoms with Crippen molar-refractivity contribution in [1.82, 2.24) is 9.97 Å². The highest BCUT2D eigenvalue weighted by atomic mass is 32.1. The first-order valence-electron chi connectivity index (χ1n) is 16.3. The van der Waals surface area contributed by atoms with Crippen molar-refractivity contribution in [3.63, 3.8) is 0 Å². The fourth-order valence-electron chi connectivity index (χ4n) is 7.42. The highest BCUT2D eigenvalue weighted by Gasteiger charge is 2.24. The second-order valence-corrected chi connectivity index (χ2v) is 14.6. The maximum absolute atomic E-state index is 6.64. The van der Waals surface area contributed by atoms with Crippen LogP contribution in [0.15, 0.2) is 146 Å². The van der Waals surface area contributed by atoms with Crippen molar-refractivity contribution in [2.75, 3.05) is 0 Å². The molecule has 7 aromatic carbocycles. The molecule has 0 atom stereocenters. The van der Waals surface area contributed by atoms with Crippen LogP contribution in [0.3, 0.4) is 0 Å². The fraction of sp³-hybridized carbons (Fsp3) is 0. The minimum Gasteiger partial charge on any atom is -0.456 e. The summed E-state index contributed by atoms with van der Waals surface area (Å²) in [5.74, 6) is 2.44. The maximum atomic E-state index is 6.64. The van der Waals surface area contributed by atoms with E-state index >= 15 is 0 Å². The van der Waals surface area contributed by atoms with Crippen LogP contribution in [0.5, 0.6) is 11.5 Å².